The fourth-order valence-electron chi connectivity index (χ4n) is 3.02. The van der Waals surface area contributed by atoms with Crippen molar-refractivity contribution in [2.24, 2.45) is 0 Å². The van der Waals surface area contributed by atoms with Gasteiger partial charge in [-0.05, 0) is 58.0 Å². The number of fused-ring (bicyclic) bond motifs is 1. The summed E-state index contributed by atoms with van der Waals surface area (Å²) in [5.41, 5.74) is 2.69. The third-order valence-corrected chi connectivity index (χ3v) is 4.92. The Balaban J connectivity index is 1.94. The number of ketones is 1. The van der Waals surface area contributed by atoms with Crippen LogP contribution in [0.3, 0.4) is 0 Å². The first kappa shape index (κ1) is 13.1. The fourth-order valence-corrected chi connectivity index (χ4v) is 3.02. The SMILES string of the molecule is CC1(C)OB(C2=C3CCC(=O)C3=CCC2)OC1(C)C. The van der Waals surface area contributed by atoms with E-state index in [0.717, 1.165) is 24.8 Å². The van der Waals surface area contributed by atoms with Crippen molar-refractivity contribution in [2.75, 3.05) is 0 Å². The molecule has 1 heterocycles. The number of carbonyl (C=O) groups excluding carboxylic acids is 1. The Labute approximate surface area is 115 Å². The van der Waals surface area contributed by atoms with Crippen molar-refractivity contribution < 1.29 is 14.1 Å². The van der Waals surface area contributed by atoms with Crippen molar-refractivity contribution in [1.29, 1.82) is 0 Å². The van der Waals surface area contributed by atoms with Gasteiger partial charge in [0.25, 0.3) is 0 Å². The Bertz CT molecular complexity index is 484. The van der Waals surface area contributed by atoms with Crippen LogP contribution >= 0.6 is 0 Å². The summed E-state index contributed by atoms with van der Waals surface area (Å²) in [6, 6.07) is 0. The number of rotatable bonds is 1. The van der Waals surface area contributed by atoms with E-state index in [0.29, 0.717) is 6.42 Å². The zero-order valence-corrected chi connectivity index (χ0v) is 12.2. The number of hydrogen-bond donors (Lipinski definition) is 0. The first-order chi connectivity index (χ1) is 8.82. The van der Waals surface area contributed by atoms with Crippen LogP contribution in [-0.4, -0.2) is 24.1 Å². The lowest BCUT2D eigenvalue weighted by atomic mass is 9.70. The molecule has 3 nitrogen and oxygen atoms in total. The molecule has 3 rings (SSSR count). The molecule has 0 atom stereocenters. The van der Waals surface area contributed by atoms with Crippen molar-refractivity contribution in [3.63, 3.8) is 0 Å². The van der Waals surface area contributed by atoms with E-state index < -0.39 is 0 Å². The topological polar surface area (TPSA) is 35.5 Å². The Morgan fingerprint density at radius 1 is 1.05 bits per heavy atom. The minimum absolute atomic E-state index is 0.281. The highest BCUT2D eigenvalue weighted by atomic mass is 16.7. The van der Waals surface area contributed by atoms with Gasteiger partial charge < -0.3 is 9.31 Å². The van der Waals surface area contributed by atoms with Gasteiger partial charge in [0.15, 0.2) is 5.78 Å². The zero-order chi connectivity index (χ0) is 13.8. The van der Waals surface area contributed by atoms with Gasteiger partial charge in [-0.3, -0.25) is 4.79 Å². The number of carbonyl (C=O) groups is 1. The van der Waals surface area contributed by atoms with E-state index >= 15 is 0 Å². The van der Waals surface area contributed by atoms with Gasteiger partial charge in [0.1, 0.15) is 0 Å². The molecule has 19 heavy (non-hydrogen) atoms. The lowest BCUT2D eigenvalue weighted by Crippen LogP contribution is -2.41. The lowest BCUT2D eigenvalue weighted by Gasteiger charge is -2.32. The minimum Gasteiger partial charge on any atom is -0.400 e. The van der Waals surface area contributed by atoms with E-state index in [1.807, 2.05) is 0 Å². The van der Waals surface area contributed by atoms with Gasteiger partial charge >= 0.3 is 7.12 Å². The first-order valence-corrected chi connectivity index (χ1v) is 7.13. The van der Waals surface area contributed by atoms with Crippen LogP contribution in [0.5, 0.6) is 0 Å². The van der Waals surface area contributed by atoms with Crippen molar-refractivity contribution >= 4 is 12.9 Å². The standard InChI is InChI=1S/C15H21BO3/c1-14(2)15(3,4)19-16(18-14)12-7-5-6-11-10(12)8-9-13(11)17/h6H,5,7-9H2,1-4H3. The summed E-state index contributed by atoms with van der Waals surface area (Å²) < 4.78 is 12.3. The van der Waals surface area contributed by atoms with Gasteiger partial charge in [0.05, 0.1) is 11.2 Å². The van der Waals surface area contributed by atoms with Crippen molar-refractivity contribution in [2.45, 2.75) is 64.6 Å². The van der Waals surface area contributed by atoms with Crippen molar-refractivity contribution in [1.82, 2.24) is 0 Å². The molecular weight excluding hydrogens is 239 g/mol. The molecule has 4 heteroatoms. The molecule has 3 aliphatic rings. The number of allylic oxidation sites excluding steroid dienone is 4. The molecule has 1 saturated heterocycles. The molecular formula is C15H21BO3. The van der Waals surface area contributed by atoms with Crippen LogP contribution in [0.1, 0.15) is 53.4 Å². The third kappa shape index (κ3) is 1.93. The van der Waals surface area contributed by atoms with Gasteiger partial charge in [0.2, 0.25) is 0 Å². The summed E-state index contributed by atoms with van der Waals surface area (Å²) >= 11 is 0. The molecule has 1 saturated carbocycles. The predicted molar refractivity (Wildman–Crippen MR) is 74.7 cm³/mol. The Kier molecular flexibility index (Phi) is 2.81. The highest BCUT2D eigenvalue weighted by molar-refractivity contribution is 6.55. The number of Topliss-reactive ketones (excluding diaryl/α,β-unsaturated/α-hetero) is 1. The quantitative estimate of drug-likeness (QED) is 0.680. The normalized spacial score (nSPS) is 28.7. The van der Waals surface area contributed by atoms with E-state index in [2.05, 4.69) is 33.8 Å². The predicted octanol–water partition coefficient (Wildman–Crippen LogP) is 3.00. The summed E-state index contributed by atoms with van der Waals surface area (Å²) in [6.07, 6.45) is 5.45. The van der Waals surface area contributed by atoms with Crippen LogP contribution < -0.4 is 0 Å². The van der Waals surface area contributed by atoms with Gasteiger partial charge in [-0.25, -0.2) is 0 Å². The van der Waals surface area contributed by atoms with E-state index in [4.69, 9.17) is 9.31 Å². The average molecular weight is 260 g/mol. The maximum atomic E-state index is 11.8. The van der Waals surface area contributed by atoms with Gasteiger partial charge in [-0.15, -0.1) is 0 Å². The molecule has 102 valence electrons. The molecule has 0 radical (unpaired) electrons. The van der Waals surface area contributed by atoms with Gasteiger partial charge in [-0.2, -0.15) is 0 Å². The highest BCUT2D eigenvalue weighted by Gasteiger charge is 2.53. The smallest absolute Gasteiger partial charge is 0.400 e. The second-order valence-corrected chi connectivity index (χ2v) is 6.67. The largest absolute Gasteiger partial charge is 0.490 e. The molecule has 2 fully saturated rings. The molecule has 0 N–H and O–H groups in total. The zero-order valence-electron chi connectivity index (χ0n) is 12.2. The van der Waals surface area contributed by atoms with Crippen molar-refractivity contribution in [3.8, 4) is 0 Å². The van der Waals surface area contributed by atoms with E-state index in [1.54, 1.807) is 0 Å². The summed E-state index contributed by atoms with van der Waals surface area (Å²) in [6.45, 7) is 8.27. The molecule has 0 bridgehead atoms. The maximum Gasteiger partial charge on any atom is 0.490 e. The van der Waals surface area contributed by atoms with E-state index in [-0.39, 0.29) is 24.1 Å². The van der Waals surface area contributed by atoms with E-state index in [1.165, 1.54) is 11.0 Å². The summed E-state index contributed by atoms with van der Waals surface area (Å²) in [4.78, 5) is 11.8. The van der Waals surface area contributed by atoms with Crippen LogP contribution in [0.15, 0.2) is 22.7 Å². The minimum atomic E-state index is -0.310. The second kappa shape index (κ2) is 4.06. The van der Waals surface area contributed by atoms with Crippen LogP contribution in [0.4, 0.5) is 0 Å². The Morgan fingerprint density at radius 2 is 1.68 bits per heavy atom. The van der Waals surface area contributed by atoms with Crippen LogP contribution in [0.25, 0.3) is 0 Å². The van der Waals surface area contributed by atoms with Crippen LogP contribution in [0, 0.1) is 0 Å². The lowest BCUT2D eigenvalue weighted by molar-refractivity contribution is -0.114. The van der Waals surface area contributed by atoms with Gasteiger partial charge in [-0.1, -0.05) is 6.08 Å². The summed E-state index contributed by atoms with van der Waals surface area (Å²) in [7, 11) is -0.283. The van der Waals surface area contributed by atoms with Crippen LogP contribution in [0.2, 0.25) is 0 Å². The third-order valence-electron chi connectivity index (χ3n) is 4.92. The molecule has 0 aromatic carbocycles. The summed E-state index contributed by atoms with van der Waals surface area (Å²) in [5.74, 6) is 0.281. The highest BCUT2D eigenvalue weighted by Crippen LogP contribution is 2.43. The average Bonchev–Trinajstić information content (AvgIpc) is 2.78. The fraction of sp³-hybridized carbons (Fsp3) is 0.667. The molecule has 0 amide bonds. The molecule has 0 aromatic heterocycles. The monoisotopic (exact) mass is 260 g/mol. The van der Waals surface area contributed by atoms with Gasteiger partial charge in [0, 0.05) is 12.0 Å². The Hall–Kier alpha value is -0.865. The van der Waals surface area contributed by atoms with Crippen LogP contribution in [-0.2, 0) is 14.1 Å². The summed E-state index contributed by atoms with van der Waals surface area (Å²) in [5, 5.41) is 0. The second-order valence-electron chi connectivity index (χ2n) is 6.67. The molecule has 0 unspecified atom stereocenters. The maximum absolute atomic E-state index is 11.8. The molecule has 2 aliphatic carbocycles. The molecule has 1 aliphatic heterocycles. The molecule has 0 spiro atoms. The first-order valence-electron chi connectivity index (χ1n) is 7.13. The molecule has 0 aromatic rings. The van der Waals surface area contributed by atoms with E-state index in [9.17, 15) is 4.79 Å². The van der Waals surface area contributed by atoms with Crippen molar-refractivity contribution in [3.05, 3.63) is 22.7 Å². The number of hydrogen-bond acceptors (Lipinski definition) is 3. The Morgan fingerprint density at radius 3 is 2.32 bits per heavy atom.